The number of amides is 2. The largest absolute Gasteiger partial charge is 0.331 e. The molecule has 0 radical (unpaired) electrons. The second-order valence-corrected chi connectivity index (χ2v) is 6.92. The summed E-state index contributed by atoms with van der Waals surface area (Å²) >= 11 is 6.18. The van der Waals surface area contributed by atoms with Crippen LogP contribution in [0.4, 0.5) is 4.79 Å². The average molecular weight is 337 g/mol. The summed E-state index contributed by atoms with van der Waals surface area (Å²) in [6.07, 6.45) is 6.73. The second kappa shape index (κ2) is 9.17. The van der Waals surface area contributed by atoms with Crippen molar-refractivity contribution < 1.29 is 4.79 Å². The first-order valence-corrected chi connectivity index (χ1v) is 9.34. The molecule has 2 rings (SSSR count). The van der Waals surface area contributed by atoms with E-state index < -0.39 is 0 Å². The Morgan fingerprint density at radius 1 is 1.26 bits per heavy atom. The van der Waals surface area contributed by atoms with E-state index >= 15 is 0 Å². The van der Waals surface area contributed by atoms with E-state index in [1.807, 2.05) is 23.1 Å². The molecule has 2 atom stereocenters. The van der Waals surface area contributed by atoms with Crippen molar-refractivity contribution in [3.8, 4) is 0 Å². The number of hydrogen-bond acceptors (Lipinski definition) is 1. The third kappa shape index (κ3) is 5.13. The van der Waals surface area contributed by atoms with Crippen molar-refractivity contribution in [1.29, 1.82) is 0 Å². The van der Waals surface area contributed by atoms with Crippen LogP contribution >= 0.6 is 11.6 Å². The smallest absolute Gasteiger partial charge is 0.317 e. The minimum absolute atomic E-state index is 0.0353. The van der Waals surface area contributed by atoms with E-state index in [9.17, 15) is 4.79 Å². The number of rotatable bonds is 6. The molecule has 1 fully saturated rings. The molecule has 0 bridgehead atoms. The molecule has 1 N–H and O–H groups in total. The van der Waals surface area contributed by atoms with Gasteiger partial charge in [-0.15, -0.1) is 0 Å². The highest BCUT2D eigenvalue weighted by molar-refractivity contribution is 6.30. The van der Waals surface area contributed by atoms with Crippen molar-refractivity contribution in [3.05, 3.63) is 34.9 Å². The number of benzene rings is 1. The number of nitrogens with zero attached hydrogens (tertiary/aromatic N) is 1. The number of hydrogen-bond donors (Lipinski definition) is 1. The van der Waals surface area contributed by atoms with Gasteiger partial charge < -0.3 is 10.2 Å². The normalized spacial score (nSPS) is 17.6. The summed E-state index contributed by atoms with van der Waals surface area (Å²) in [4.78, 5) is 14.6. The number of piperidine rings is 1. The number of halogens is 1. The maximum atomic E-state index is 12.7. The Morgan fingerprint density at radius 2 is 2.00 bits per heavy atom. The van der Waals surface area contributed by atoms with Crippen molar-refractivity contribution in [2.24, 2.45) is 5.92 Å². The lowest BCUT2D eigenvalue weighted by atomic mass is 9.87. The van der Waals surface area contributed by atoms with Crippen molar-refractivity contribution in [3.63, 3.8) is 0 Å². The highest BCUT2D eigenvalue weighted by Crippen LogP contribution is 2.30. The second-order valence-electron chi connectivity index (χ2n) is 6.49. The zero-order chi connectivity index (χ0) is 16.7. The Morgan fingerprint density at radius 3 is 2.61 bits per heavy atom. The van der Waals surface area contributed by atoms with Crippen LogP contribution in [0.25, 0.3) is 0 Å². The lowest BCUT2D eigenvalue weighted by Gasteiger charge is -2.32. The molecule has 0 aromatic heterocycles. The van der Waals surface area contributed by atoms with Crippen molar-refractivity contribution >= 4 is 17.6 Å². The van der Waals surface area contributed by atoms with Gasteiger partial charge in [-0.05, 0) is 49.3 Å². The van der Waals surface area contributed by atoms with Gasteiger partial charge in [-0.1, -0.05) is 50.4 Å². The third-order valence-electron chi connectivity index (χ3n) is 4.79. The molecule has 1 aromatic rings. The Kier molecular flexibility index (Phi) is 7.22. The first kappa shape index (κ1) is 18.1. The number of carbonyl (C=O) groups is 1. The number of likely N-dealkylation sites (tertiary alicyclic amines) is 1. The van der Waals surface area contributed by atoms with E-state index in [-0.39, 0.29) is 12.1 Å². The summed E-state index contributed by atoms with van der Waals surface area (Å²) < 4.78 is 0. The minimum atomic E-state index is 0.0353. The summed E-state index contributed by atoms with van der Waals surface area (Å²) in [5, 5.41) is 4.02. The van der Waals surface area contributed by atoms with E-state index in [2.05, 4.69) is 25.2 Å². The van der Waals surface area contributed by atoms with Crippen LogP contribution in [-0.4, -0.2) is 24.0 Å². The molecule has 128 valence electrons. The van der Waals surface area contributed by atoms with Gasteiger partial charge >= 0.3 is 6.03 Å². The van der Waals surface area contributed by atoms with Crippen molar-refractivity contribution in [2.45, 2.75) is 58.4 Å². The van der Waals surface area contributed by atoms with Crippen LogP contribution in [0.15, 0.2) is 24.3 Å². The molecule has 0 saturated carbocycles. The summed E-state index contributed by atoms with van der Waals surface area (Å²) in [6.45, 7) is 6.15. The Labute approximate surface area is 145 Å². The molecule has 1 aliphatic heterocycles. The van der Waals surface area contributed by atoms with Crippen LogP contribution in [-0.2, 0) is 0 Å². The van der Waals surface area contributed by atoms with E-state index in [0.29, 0.717) is 5.92 Å². The van der Waals surface area contributed by atoms with Gasteiger partial charge in [-0.25, -0.2) is 4.79 Å². The fourth-order valence-corrected chi connectivity index (χ4v) is 3.67. The highest BCUT2D eigenvalue weighted by Gasteiger charge is 2.26. The molecule has 1 saturated heterocycles. The van der Waals surface area contributed by atoms with Crippen molar-refractivity contribution in [1.82, 2.24) is 10.2 Å². The first-order valence-electron chi connectivity index (χ1n) is 8.96. The van der Waals surface area contributed by atoms with Gasteiger partial charge in [0.05, 0.1) is 6.04 Å². The summed E-state index contributed by atoms with van der Waals surface area (Å²) in [7, 11) is 0. The molecular formula is C19H29ClN2O. The Bertz CT molecular complexity index is 500. The summed E-state index contributed by atoms with van der Waals surface area (Å²) in [5.41, 5.74) is 1.11. The predicted octanol–water partition coefficient (Wildman–Crippen LogP) is 5.40. The minimum Gasteiger partial charge on any atom is -0.331 e. The molecule has 3 nitrogen and oxygen atoms in total. The fraction of sp³-hybridized carbons (Fsp3) is 0.632. The van der Waals surface area contributed by atoms with Gasteiger partial charge in [0.1, 0.15) is 0 Å². The molecule has 0 spiro atoms. The van der Waals surface area contributed by atoms with Gasteiger partial charge in [0, 0.05) is 18.1 Å². The quantitative estimate of drug-likeness (QED) is 0.740. The van der Waals surface area contributed by atoms with E-state index in [1.54, 1.807) is 0 Å². The van der Waals surface area contributed by atoms with Gasteiger partial charge in [-0.3, -0.25) is 0 Å². The average Bonchev–Trinajstić information content (AvgIpc) is 2.58. The van der Waals surface area contributed by atoms with Crippen LogP contribution in [0.3, 0.4) is 0 Å². The van der Waals surface area contributed by atoms with Crippen LogP contribution in [0, 0.1) is 5.92 Å². The lowest BCUT2D eigenvalue weighted by molar-refractivity contribution is 0.176. The Balaban J connectivity index is 2.16. The monoisotopic (exact) mass is 336 g/mol. The zero-order valence-corrected chi connectivity index (χ0v) is 15.1. The van der Waals surface area contributed by atoms with Crippen LogP contribution in [0.2, 0.25) is 5.02 Å². The zero-order valence-electron chi connectivity index (χ0n) is 14.4. The first-order chi connectivity index (χ1) is 11.2. The van der Waals surface area contributed by atoms with E-state index in [1.165, 1.54) is 6.42 Å². The van der Waals surface area contributed by atoms with E-state index in [0.717, 1.165) is 55.8 Å². The molecule has 2 amide bonds. The maximum absolute atomic E-state index is 12.7. The van der Waals surface area contributed by atoms with Crippen LogP contribution in [0.1, 0.15) is 64.0 Å². The van der Waals surface area contributed by atoms with Crippen LogP contribution < -0.4 is 5.32 Å². The molecule has 4 heteroatoms. The highest BCUT2D eigenvalue weighted by atomic mass is 35.5. The summed E-state index contributed by atoms with van der Waals surface area (Å²) in [6, 6.07) is 8.02. The molecule has 23 heavy (non-hydrogen) atoms. The topological polar surface area (TPSA) is 32.3 Å². The van der Waals surface area contributed by atoms with Crippen molar-refractivity contribution in [2.75, 3.05) is 13.1 Å². The van der Waals surface area contributed by atoms with Gasteiger partial charge in [0.25, 0.3) is 0 Å². The molecule has 1 aromatic carbocycles. The van der Waals surface area contributed by atoms with Gasteiger partial charge in [0.15, 0.2) is 0 Å². The predicted molar refractivity (Wildman–Crippen MR) is 96.8 cm³/mol. The molecule has 1 aliphatic rings. The van der Waals surface area contributed by atoms with Gasteiger partial charge in [0.2, 0.25) is 0 Å². The molecular weight excluding hydrogens is 308 g/mol. The molecule has 0 aliphatic carbocycles. The van der Waals surface area contributed by atoms with Gasteiger partial charge in [-0.2, -0.15) is 0 Å². The lowest BCUT2D eigenvalue weighted by Crippen LogP contribution is -2.45. The standard InChI is InChI=1S/C19H29ClN2O/c1-3-9-15(4-2)18(16-10-8-11-17(20)14-16)21-19(23)22-12-6-5-7-13-22/h8,10-11,14-15,18H,3-7,9,12-13H2,1-2H3,(H,21,23). The maximum Gasteiger partial charge on any atom is 0.317 e. The molecule has 2 unspecified atom stereocenters. The number of urea groups is 1. The number of carbonyl (C=O) groups excluding carboxylic acids is 1. The fourth-order valence-electron chi connectivity index (χ4n) is 3.47. The molecule has 1 heterocycles. The Hall–Kier alpha value is -1.22. The SMILES string of the molecule is CCCC(CC)C(NC(=O)N1CCCCC1)c1cccc(Cl)c1. The summed E-state index contributed by atoms with van der Waals surface area (Å²) in [5.74, 6) is 0.437. The number of nitrogens with one attached hydrogen (secondary N) is 1. The third-order valence-corrected chi connectivity index (χ3v) is 5.02. The van der Waals surface area contributed by atoms with Crippen LogP contribution in [0.5, 0.6) is 0 Å². The van der Waals surface area contributed by atoms with E-state index in [4.69, 9.17) is 11.6 Å².